The van der Waals surface area contributed by atoms with Gasteiger partial charge in [-0.15, -0.1) is 0 Å². The normalized spacial score (nSPS) is 10.1. The Balaban J connectivity index is 1.76. The quantitative estimate of drug-likeness (QED) is 0.622. The van der Waals surface area contributed by atoms with E-state index in [-0.39, 0.29) is 30.5 Å². The molecular weight excluding hydrogens is 336 g/mol. The van der Waals surface area contributed by atoms with Crippen molar-refractivity contribution >= 4 is 11.8 Å². The highest BCUT2D eigenvalue weighted by Gasteiger charge is 2.09. The van der Waals surface area contributed by atoms with E-state index in [9.17, 15) is 14.7 Å². The number of hydrogen-bond donors (Lipinski definition) is 3. The molecule has 0 saturated carbocycles. The molecule has 0 aromatic heterocycles. The predicted octanol–water partition coefficient (Wildman–Crippen LogP) is 1.50. The summed E-state index contributed by atoms with van der Waals surface area (Å²) in [5, 5.41) is 14.8. The molecule has 0 atom stereocenters. The molecule has 2 aromatic rings. The second-order valence-electron chi connectivity index (χ2n) is 5.52. The molecule has 26 heavy (non-hydrogen) atoms. The maximum absolute atomic E-state index is 12.0. The SMILES string of the molecule is COc1ccc(CC(=O)NCCNC(=O)c2cccc(O)c2)cc1OC. The van der Waals surface area contributed by atoms with Crippen molar-refractivity contribution < 1.29 is 24.2 Å². The van der Waals surface area contributed by atoms with Gasteiger partial charge < -0.3 is 25.2 Å². The van der Waals surface area contributed by atoms with Gasteiger partial charge in [0, 0.05) is 18.7 Å². The van der Waals surface area contributed by atoms with E-state index in [1.807, 2.05) is 0 Å². The van der Waals surface area contributed by atoms with Crippen LogP contribution in [0.25, 0.3) is 0 Å². The zero-order valence-electron chi connectivity index (χ0n) is 14.7. The summed E-state index contributed by atoms with van der Waals surface area (Å²) in [4.78, 5) is 23.9. The van der Waals surface area contributed by atoms with Crippen LogP contribution in [0.5, 0.6) is 17.2 Å². The Bertz CT molecular complexity index is 776. The molecule has 0 aliphatic carbocycles. The Morgan fingerprint density at radius 2 is 1.69 bits per heavy atom. The lowest BCUT2D eigenvalue weighted by Crippen LogP contribution is -2.35. The smallest absolute Gasteiger partial charge is 0.251 e. The molecule has 3 N–H and O–H groups in total. The van der Waals surface area contributed by atoms with Crippen LogP contribution in [0.15, 0.2) is 42.5 Å². The number of carbonyl (C=O) groups excluding carboxylic acids is 2. The number of rotatable bonds is 8. The number of ether oxygens (including phenoxy) is 2. The summed E-state index contributed by atoms with van der Waals surface area (Å²) in [5.74, 6) is 0.724. The summed E-state index contributed by atoms with van der Waals surface area (Å²) in [7, 11) is 3.09. The number of amides is 2. The van der Waals surface area contributed by atoms with Gasteiger partial charge in [-0.1, -0.05) is 12.1 Å². The fraction of sp³-hybridized carbons (Fsp3) is 0.263. The Hall–Kier alpha value is -3.22. The first-order valence-electron chi connectivity index (χ1n) is 8.08. The third-order valence-electron chi connectivity index (χ3n) is 3.65. The molecule has 0 radical (unpaired) electrons. The lowest BCUT2D eigenvalue weighted by atomic mass is 10.1. The van der Waals surface area contributed by atoms with Crippen molar-refractivity contribution in [1.29, 1.82) is 0 Å². The largest absolute Gasteiger partial charge is 0.508 e. The third kappa shape index (κ3) is 5.41. The highest BCUT2D eigenvalue weighted by atomic mass is 16.5. The number of carbonyl (C=O) groups is 2. The van der Waals surface area contributed by atoms with E-state index in [2.05, 4.69) is 10.6 Å². The Labute approximate surface area is 151 Å². The average Bonchev–Trinajstić information content (AvgIpc) is 2.64. The first-order valence-corrected chi connectivity index (χ1v) is 8.08. The summed E-state index contributed by atoms with van der Waals surface area (Å²) in [6.45, 7) is 0.586. The van der Waals surface area contributed by atoms with Crippen LogP contribution in [0.2, 0.25) is 0 Å². The van der Waals surface area contributed by atoms with Gasteiger partial charge in [0.25, 0.3) is 5.91 Å². The zero-order valence-corrected chi connectivity index (χ0v) is 14.7. The molecule has 7 nitrogen and oxygen atoms in total. The summed E-state index contributed by atoms with van der Waals surface area (Å²) in [6, 6.07) is 11.4. The molecule has 0 aliphatic rings. The number of methoxy groups -OCH3 is 2. The van der Waals surface area contributed by atoms with Crippen molar-refractivity contribution in [2.24, 2.45) is 0 Å². The summed E-state index contributed by atoms with van der Waals surface area (Å²) < 4.78 is 10.4. The van der Waals surface area contributed by atoms with Crippen molar-refractivity contribution in [3.05, 3.63) is 53.6 Å². The van der Waals surface area contributed by atoms with E-state index in [0.717, 1.165) is 5.56 Å². The maximum atomic E-state index is 12.0. The highest BCUT2D eigenvalue weighted by Crippen LogP contribution is 2.27. The molecule has 7 heteroatoms. The van der Waals surface area contributed by atoms with Gasteiger partial charge >= 0.3 is 0 Å². The van der Waals surface area contributed by atoms with Gasteiger partial charge in [-0.05, 0) is 35.9 Å². The van der Waals surface area contributed by atoms with E-state index in [0.29, 0.717) is 23.6 Å². The van der Waals surface area contributed by atoms with Crippen LogP contribution in [0.3, 0.4) is 0 Å². The number of phenols is 1. The van der Waals surface area contributed by atoms with Gasteiger partial charge in [0.15, 0.2) is 11.5 Å². The van der Waals surface area contributed by atoms with Crippen LogP contribution in [0.4, 0.5) is 0 Å². The second kappa shape index (κ2) is 9.31. The Morgan fingerprint density at radius 1 is 0.962 bits per heavy atom. The number of phenolic OH excluding ortho intramolecular Hbond substituents is 1. The number of nitrogens with one attached hydrogen (secondary N) is 2. The fourth-order valence-corrected chi connectivity index (χ4v) is 2.37. The number of hydrogen-bond acceptors (Lipinski definition) is 5. The first kappa shape index (κ1) is 19.1. The summed E-state index contributed by atoms with van der Waals surface area (Å²) >= 11 is 0. The van der Waals surface area contributed by atoms with Crippen molar-refractivity contribution in [3.8, 4) is 17.2 Å². The third-order valence-corrected chi connectivity index (χ3v) is 3.65. The molecule has 2 aromatic carbocycles. The van der Waals surface area contributed by atoms with Crippen LogP contribution in [0, 0.1) is 0 Å². The van der Waals surface area contributed by atoms with E-state index >= 15 is 0 Å². The van der Waals surface area contributed by atoms with Crippen LogP contribution < -0.4 is 20.1 Å². The lowest BCUT2D eigenvalue weighted by Gasteiger charge is -2.10. The maximum Gasteiger partial charge on any atom is 0.251 e. The minimum Gasteiger partial charge on any atom is -0.508 e. The van der Waals surface area contributed by atoms with Crippen LogP contribution >= 0.6 is 0 Å². The van der Waals surface area contributed by atoms with Crippen LogP contribution in [0.1, 0.15) is 15.9 Å². The molecule has 0 bridgehead atoms. The van der Waals surface area contributed by atoms with E-state index in [1.54, 1.807) is 37.4 Å². The monoisotopic (exact) mass is 358 g/mol. The number of aromatic hydroxyl groups is 1. The molecule has 2 rings (SSSR count). The summed E-state index contributed by atoms with van der Waals surface area (Å²) in [5.41, 5.74) is 1.16. The van der Waals surface area contributed by atoms with Crippen molar-refractivity contribution in [3.63, 3.8) is 0 Å². The molecule has 0 spiro atoms. The van der Waals surface area contributed by atoms with Gasteiger partial charge in [0.2, 0.25) is 5.91 Å². The molecule has 0 heterocycles. The van der Waals surface area contributed by atoms with E-state index in [1.165, 1.54) is 19.2 Å². The molecule has 0 aliphatic heterocycles. The van der Waals surface area contributed by atoms with Gasteiger partial charge in [-0.2, -0.15) is 0 Å². The van der Waals surface area contributed by atoms with E-state index < -0.39 is 0 Å². The van der Waals surface area contributed by atoms with Crippen molar-refractivity contribution in [2.45, 2.75) is 6.42 Å². The van der Waals surface area contributed by atoms with Crippen molar-refractivity contribution in [1.82, 2.24) is 10.6 Å². The van der Waals surface area contributed by atoms with Gasteiger partial charge in [0.1, 0.15) is 5.75 Å². The molecule has 0 unspecified atom stereocenters. The lowest BCUT2D eigenvalue weighted by molar-refractivity contribution is -0.120. The van der Waals surface area contributed by atoms with Crippen LogP contribution in [-0.4, -0.2) is 44.2 Å². The topological polar surface area (TPSA) is 96.9 Å². The first-order chi connectivity index (χ1) is 12.5. The minimum absolute atomic E-state index is 0.0286. The van der Waals surface area contributed by atoms with Crippen molar-refractivity contribution in [2.75, 3.05) is 27.3 Å². The van der Waals surface area contributed by atoms with Gasteiger partial charge in [0.05, 0.1) is 20.6 Å². The fourth-order valence-electron chi connectivity index (χ4n) is 2.37. The molecular formula is C19H22N2O5. The standard InChI is InChI=1S/C19H22N2O5/c1-25-16-7-6-13(10-17(16)26-2)11-18(23)20-8-9-21-19(24)14-4-3-5-15(22)12-14/h3-7,10,12,22H,8-9,11H2,1-2H3,(H,20,23)(H,21,24). The van der Waals surface area contributed by atoms with Gasteiger partial charge in [-0.25, -0.2) is 0 Å². The zero-order chi connectivity index (χ0) is 18.9. The Kier molecular flexibility index (Phi) is 6.84. The number of benzene rings is 2. The average molecular weight is 358 g/mol. The predicted molar refractivity (Wildman–Crippen MR) is 96.7 cm³/mol. The second-order valence-corrected chi connectivity index (χ2v) is 5.52. The Morgan fingerprint density at radius 3 is 2.38 bits per heavy atom. The molecule has 138 valence electrons. The molecule has 2 amide bonds. The van der Waals surface area contributed by atoms with E-state index in [4.69, 9.17) is 9.47 Å². The van der Waals surface area contributed by atoms with Gasteiger partial charge in [-0.3, -0.25) is 9.59 Å². The minimum atomic E-state index is -0.310. The summed E-state index contributed by atoms with van der Waals surface area (Å²) in [6.07, 6.45) is 0.195. The van der Waals surface area contributed by atoms with Crippen LogP contribution in [-0.2, 0) is 11.2 Å². The highest BCUT2D eigenvalue weighted by molar-refractivity contribution is 5.94. The molecule has 0 fully saturated rings. The molecule has 0 saturated heterocycles.